The maximum absolute atomic E-state index is 13.2. The summed E-state index contributed by atoms with van der Waals surface area (Å²) in [5.74, 6) is -3.14. The lowest BCUT2D eigenvalue weighted by atomic mass is 10.1. The molecular formula is C15H23Cl2F2N3O2S. The van der Waals surface area contributed by atoms with Gasteiger partial charge in [-0.05, 0) is 11.4 Å². The molecule has 0 aliphatic carbocycles. The summed E-state index contributed by atoms with van der Waals surface area (Å²) in [5, 5.41) is 7.43. The van der Waals surface area contributed by atoms with E-state index < -0.39 is 24.9 Å². The second-order valence-electron chi connectivity index (χ2n) is 5.92. The molecule has 2 unspecified atom stereocenters. The lowest BCUT2D eigenvalue weighted by Crippen LogP contribution is -2.46. The number of carbonyl (C=O) groups is 1. The van der Waals surface area contributed by atoms with Crippen molar-refractivity contribution < 1.29 is 18.3 Å². The lowest BCUT2D eigenvalue weighted by Gasteiger charge is -2.34. The van der Waals surface area contributed by atoms with Crippen LogP contribution in [0.2, 0.25) is 0 Å². The molecule has 3 heterocycles. The molecule has 2 atom stereocenters. The minimum atomic E-state index is -2.79. The van der Waals surface area contributed by atoms with Crippen molar-refractivity contribution in [1.29, 1.82) is 0 Å². The Morgan fingerprint density at radius 2 is 2.16 bits per heavy atom. The fourth-order valence-electron chi connectivity index (χ4n) is 3.00. The number of morpholine rings is 1. The predicted octanol–water partition coefficient (Wildman–Crippen LogP) is 2.08. The predicted molar refractivity (Wildman–Crippen MR) is 98.3 cm³/mol. The molecule has 0 radical (unpaired) electrons. The Morgan fingerprint density at radius 3 is 2.72 bits per heavy atom. The largest absolute Gasteiger partial charge is 0.379 e. The number of nitrogens with zero attached hydrogens (tertiary/aromatic N) is 1. The van der Waals surface area contributed by atoms with Crippen LogP contribution in [0.3, 0.4) is 0 Å². The molecule has 25 heavy (non-hydrogen) atoms. The third kappa shape index (κ3) is 6.01. The van der Waals surface area contributed by atoms with Crippen LogP contribution in [0.5, 0.6) is 0 Å². The molecule has 1 amide bonds. The van der Waals surface area contributed by atoms with Crippen LogP contribution in [0.15, 0.2) is 17.5 Å². The molecule has 2 saturated heterocycles. The van der Waals surface area contributed by atoms with Crippen molar-refractivity contribution in [2.75, 3.05) is 39.4 Å². The Labute approximate surface area is 162 Å². The van der Waals surface area contributed by atoms with E-state index >= 15 is 0 Å². The van der Waals surface area contributed by atoms with Crippen molar-refractivity contribution in [2.45, 2.75) is 24.4 Å². The van der Waals surface area contributed by atoms with Crippen molar-refractivity contribution >= 4 is 42.1 Å². The molecule has 2 fully saturated rings. The minimum Gasteiger partial charge on any atom is -0.379 e. The van der Waals surface area contributed by atoms with Gasteiger partial charge >= 0.3 is 0 Å². The van der Waals surface area contributed by atoms with Gasteiger partial charge in [0.1, 0.15) is 0 Å². The highest BCUT2D eigenvalue weighted by atomic mass is 35.5. The number of hydrogen-bond acceptors (Lipinski definition) is 5. The van der Waals surface area contributed by atoms with Gasteiger partial charge in [-0.15, -0.1) is 36.2 Å². The molecule has 0 bridgehead atoms. The summed E-state index contributed by atoms with van der Waals surface area (Å²) in [5.41, 5.74) is 0. The van der Waals surface area contributed by atoms with Crippen molar-refractivity contribution in [3.63, 3.8) is 0 Å². The first-order valence-electron chi connectivity index (χ1n) is 7.79. The molecular weight excluding hydrogens is 395 g/mol. The summed E-state index contributed by atoms with van der Waals surface area (Å²) >= 11 is 1.64. The average molecular weight is 418 g/mol. The molecule has 2 aliphatic heterocycles. The van der Waals surface area contributed by atoms with Gasteiger partial charge in [-0.3, -0.25) is 15.0 Å². The first-order valence-corrected chi connectivity index (χ1v) is 8.67. The molecule has 1 aromatic rings. The van der Waals surface area contributed by atoms with E-state index in [0.29, 0.717) is 19.8 Å². The third-order valence-electron chi connectivity index (χ3n) is 4.25. The molecule has 1 aromatic heterocycles. The SMILES string of the molecule is Cl.Cl.O=C(NCC(c1cccs1)N1CCOCC1)C1CC(F)(F)CN1. The lowest BCUT2D eigenvalue weighted by molar-refractivity contribution is -0.123. The standard InChI is InChI=1S/C15H21F2N3O2S.2ClH/c16-15(17)8-11(19-10-15)14(21)18-9-12(13-2-1-7-23-13)20-3-5-22-6-4-20;;/h1-2,7,11-12,19H,3-6,8-10H2,(H,18,21);2*1H. The van der Waals surface area contributed by atoms with E-state index in [1.165, 1.54) is 0 Å². The van der Waals surface area contributed by atoms with Gasteiger partial charge in [0, 0.05) is 30.9 Å². The third-order valence-corrected chi connectivity index (χ3v) is 5.23. The number of hydrogen-bond donors (Lipinski definition) is 2. The van der Waals surface area contributed by atoms with Crippen molar-refractivity contribution in [3.05, 3.63) is 22.4 Å². The summed E-state index contributed by atoms with van der Waals surface area (Å²) < 4.78 is 31.8. The number of thiophene rings is 1. The second-order valence-corrected chi connectivity index (χ2v) is 6.90. The fraction of sp³-hybridized carbons (Fsp3) is 0.667. The molecule has 144 valence electrons. The van der Waals surface area contributed by atoms with Crippen molar-refractivity contribution in [1.82, 2.24) is 15.5 Å². The van der Waals surface area contributed by atoms with E-state index in [4.69, 9.17) is 4.74 Å². The number of halogens is 4. The average Bonchev–Trinajstić information content (AvgIpc) is 3.18. The number of carbonyl (C=O) groups excluding carboxylic acids is 1. The Kier molecular flexibility index (Phi) is 9.00. The highest BCUT2D eigenvalue weighted by Crippen LogP contribution is 2.27. The molecule has 2 N–H and O–H groups in total. The Bertz CT molecular complexity index is 531. The van der Waals surface area contributed by atoms with E-state index in [0.717, 1.165) is 18.0 Å². The zero-order valence-corrected chi connectivity index (χ0v) is 16.0. The second kappa shape index (κ2) is 9.99. The normalized spacial score (nSPS) is 24.0. The number of ether oxygens (including phenoxy) is 1. The smallest absolute Gasteiger partial charge is 0.262 e. The van der Waals surface area contributed by atoms with E-state index in [1.807, 2.05) is 17.5 Å². The maximum Gasteiger partial charge on any atom is 0.262 e. The topological polar surface area (TPSA) is 53.6 Å². The van der Waals surface area contributed by atoms with Crippen LogP contribution >= 0.6 is 36.2 Å². The van der Waals surface area contributed by atoms with Crippen LogP contribution in [0, 0.1) is 0 Å². The van der Waals surface area contributed by atoms with Gasteiger partial charge in [0.2, 0.25) is 5.91 Å². The molecule has 10 heteroatoms. The Hall–Kier alpha value is -0.510. The van der Waals surface area contributed by atoms with E-state index in [9.17, 15) is 13.6 Å². The van der Waals surface area contributed by atoms with Crippen LogP contribution in [-0.2, 0) is 9.53 Å². The molecule has 0 saturated carbocycles. The van der Waals surface area contributed by atoms with Crippen LogP contribution < -0.4 is 10.6 Å². The zero-order valence-electron chi connectivity index (χ0n) is 13.6. The number of nitrogens with one attached hydrogen (secondary N) is 2. The van der Waals surface area contributed by atoms with Gasteiger partial charge in [0.05, 0.1) is 31.8 Å². The number of rotatable bonds is 5. The zero-order chi connectivity index (χ0) is 16.3. The Morgan fingerprint density at radius 1 is 1.44 bits per heavy atom. The summed E-state index contributed by atoms with van der Waals surface area (Å²) in [6.45, 7) is 2.95. The summed E-state index contributed by atoms with van der Waals surface area (Å²) in [4.78, 5) is 15.6. The monoisotopic (exact) mass is 417 g/mol. The van der Waals surface area contributed by atoms with Gasteiger partial charge in [-0.25, -0.2) is 8.78 Å². The number of alkyl halides is 2. The molecule has 0 spiro atoms. The van der Waals surface area contributed by atoms with Crippen LogP contribution in [0.1, 0.15) is 17.3 Å². The van der Waals surface area contributed by atoms with Gasteiger partial charge in [-0.2, -0.15) is 0 Å². The quantitative estimate of drug-likeness (QED) is 0.769. The molecule has 0 aromatic carbocycles. The molecule has 2 aliphatic rings. The van der Waals surface area contributed by atoms with Crippen LogP contribution in [0.4, 0.5) is 8.78 Å². The van der Waals surface area contributed by atoms with Crippen molar-refractivity contribution in [3.8, 4) is 0 Å². The van der Waals surface area contributed by atoms with E-state index in [1.54, 1.807) is 11.3 Å². The van der Waals surface area contributed by atoms with Gasteiger partial charge in [0.15, 0.2) is 0 Å². The number of amides is 1. The van der Waals surface area contributed by atoms with E-state index in [2.05, 4.69) is 15.5 Å². The van der Waals surface area contributed by atoms with Gasteiger partial charge in [0.25, 0.3) is 5.92 Å². The maximum atomic E-state index is 13.2. The van der Waals surface area contributed by atoms with Crippen LogP contribution in [-0.4, -0.2) is 62.2 Å². The summed E-state index contributed by atoms with van der Waals surface area (Å²) in [7, 11) is 0. The first kappa shape index (κ1) is 22.5. The molecule has 3 rings (SSSR count). The molecule has 5 nitrogen and oxygen atoms in total. The van der Waals surface area contributed by atoms with Crippen LogP contribution in [0.25, 0.3) is 0 Å². The Balaban J connectivity index is 0.00000156. The fourth-order valence-corrected chi connectivity index (χ4v) is 3.86. The van der Waals surface area contributed by atoms with Gasteiger partial charge in [-0.1, -0.05) is 6.07 Å². The van der Waals surface area contributed by atoms with Gasteiger partial charge < -0.3 is 10.1 Å². The minimum absolute atomic E-state index is 0. The first-order chi connectivity index (χ1) is 11.1. The highest BCUT2D eigenvalue weighted by molar-refractivity contribution is 7.10. The van der Waals surface area contributed by atoms with E-state index in [-0.39, 0.29) is 36.8 Å². The summed E-state index contributed by atoms with van der Waals surface area (Å²) in [6.07, 6.45) is -0.430. The van der Waals surface area contributed by atoms with Crippen molar-refractivity contribution in [2.24, 2.45) is 0 Å². The highest BCUT2D eigenvalue weighted by Gasteiger charge is 2.42. The summed E-state index contributed by atoms with van der Waals surface area (Å²) in [6, 6.07) is 3.27.